The molecule has 0 N–H and O–H groups in total. The van der Waals surface area contributed by atoms with Crippen LogP contribution in [0.3, 0.4) is 0 Å². The summed E-state index contributed by atoms with van der Waals surface area (Å²) in [4.78, 5) is 0. The molecule has 0 spiro atoms. The molecule has 0 atom stereocenters. The zero-order valence-electron chi connectivity index (χ0n) is 10.1. The zero-order valence-corrected chi connectivity index (χ0v) is 12.9. The second kappa shape index (κ2) is 13.7. The Morgan fingerprint density at radius 1 is 1.14 bits per heavy atom. The molecule has 0 rings (SSSR count). The largest absolute Gasteiger partial charge is 0.343 e. The van der Waals surface area contributed by atoms with Crippen LogP contribution in [0, 0.1) is 31.6 Å². The molecule has 1 heteroatoms. The fourth-order valence-electron chi connectivity index (χ4n) is 0.757. The molecule has 0 saturated carbocycles. The predicted molar refractivity (Wildman–Crippen MR) is 62.1 cm³/mol. The molecule has 0 aliphatic heterocycles. The Hall–Kier alpha value is 0.664. The van der Waals surface area contributed by atoms with Gasteiger partial charge in [-0.25, -0.2) is 0 Å². The monoisotopic (exact) mass is 269 g/mol. The fourth-order valence-corrected chi connectivity index (χ4v) is 0.757. The normalized spacial score (nSPS) is 9.14. The van der Waals surface area contributed by atoms with Gasteiger partial charge in [0.25, 0.3) is 0 Å². The minimum absolute atomic E-state index is 0. The molecule has 0 aliphatic carbocycles. The Bertz CT molecular complexity index is 125. The van der Waals surface area contributed by atoms with Gasteiger partial charge in [-0.1, -0.05) is 33.6 Å². The molecule has 0 amide bonds. The van der Waals surface area contributed by atoms with Crippen molar-refractivity contribution in [2.45, 2.75) is 52.9 Å². The molecule has 0 saturated heterocycles. The third-order valence-electron chi connectivity index (χ3n) is 1.50. The molecule has 0 unspecified atom stereocenters. The van der Waals surface area contributed by atoms with Gasteiger partial charge in [-0.15, -0.1) is 12.3 Å². The summed E-state index contributed by atoms with van der Waals surface area (Å²) in [6, 6.07) is 0. The van der Waals surface area contributed by atoms with Crippen LogP contribution in [-0.2, 0) is 32.7 Å². The molecular weight excluding hydrogens is 245 g/mol. The number of hydrogen-bond donors (Lipinski definition) is 0. The minimum atomic E-state index is 0. The van der Waals surface area contributed by atoms with Crippen molar-refractivity contribution in [1.82, 2.24) is 0 Å². The van der Waals surface area contributed by atoms with Crippen molar-refractivity contribution in [3.8, 4) is 12.3 Å². The summed E-state index contributed by atoms with van der Waals surface area (Å²) < 4.78 is 0. The Morgan fingerprint density at radius 3 is 1.71 bits per heavy atom. The van der Waals surface area contributed by atoms with Crippen molar-refractivity contribution in [2.75, 3.05) is 0 Å². The first-order chi connectivity index (χ1) is 5.97. The molecule has 0 heterocycles. The van der Waals surface area contributed by atoms with Crippen LogP contribution in [0.2, 0.25) is 0 Å². The van der Waals surface area contributed by atoms with E-state index in [1.807, 2.05) is 0 Å². The summed E-state index contributed by atoms with van der Waals surface area (Å²) in [6.07, 6.45) is 10.2. The van der Waals surface area contributed by atoms with Gasteiger partial charge in [0.2, 0.25) is 0 Å². The third kappa shape index (κ3) is 29.3. The van der Waals surface area contributed by atoms with Gasteiger partial charge < -0.3 is 13.8 Å². The van der Waals surface area contributed by atoms with Crippen molar-refractivity contribution in [1.29, 1.82) is 0 Å². The van der Waals surface area contributed by atoms with E-state index in [1.165, 1.54) is 12.8 Å². The van der Waals surface area contributed by atoms with Gasteiger partial charge in [-0.05, 0) is 11.8 Å². The number of terminal acetylenes is 1. The van der Waals surface area contributed by atoms with E-state index in [2.05, 4.69) is 40.5 Å². The molecule has 0 aliphatic rings. The Morgan fingerprint density at radius 2 is 1.64 bits per heavy atom. The number of hydrogen-bond acceptors (Lipinski definition) is 0. The van der Waals surface area contributed by atoms with Crippen LogP contribution in [0.5, 0.6) is 0 Å². The summed E-state index contributed by atoms with van der Waals surface area (Å²) in [5.41, 5.74) is 0.512. The van der Waals surface area contributed by atoms with E-state index < -0.39 is 0 Å². The van der Waals surface area contributed by atoms with Crippen LogP contribution >= 0.6 is 0 Å². The smallest absolute Gasteiger partial charge is 0 e. The first-order valence-corrected chi connectivity index (χ1v) is 5.00. The van der Waals surface area contributed by atoms with E-state index in [4.69, 9.17) is 6.42 Å². The molecular formula is C13H24Y-2. The van der Waals surface area contributed by atoms with Crippen LogP contribution in [0.1, 0.15) is 52.9 Å². The van der Waals surface area contributed by atoms with Crippen LogP contribution in [0.25, 0.3) is 0 Å². The molecule has 0 bridgehead atoms. The summed E-state index contributed by atoms with van der Waals surface area (Å²) in [5, 5.41) is 0. The van der Waals surface area contributed by atoms with E-state index >= 15 is 0 Å². The Labute approximate surface area is 117 Å². The van der Waals surface area contributed by atoms with Crippen molar-refractivity contribution in [3.05, 3.63) is 13.8 Å². The van der Waals surface area contributed by atoms with Crippen LogP contribution < -0.4 is 0 Å². The predicted octanol–water partition coefficient (Wildman–Crippen LogP) is 4.27. The van der Waals surface area contributed by atoms with Crippen LogP contribution in [-0.4, -0.2) is 0 Å². The van der Waals surface area contributed by atoms with Gasteiger partial charge in [-0.3, -0.25) is 0 Å². The molecule has 0 aromatic heterocycles. The summed E-state index contributed by atoms with van der Waals surface area (Å²) >= 11 is 0. The summed E-state index contributed by atoms with van der Waals surface area (Å²) in [5.74, 6) is 2.45. The molecule has 0 fully saturated rings. The first kappa shape index (κ1) is 20.1. The summed E-state index contributed by atoms with van der Waals surface area (Å²) in [7, 11) is 0. The molecule has 0 aromatic carbocycles. The van der Waals surface area contributed by atoms with E-state index in [0.29, 0.717) is 5.41 Å². The standard InChI is InChI=1S/C8H17.C5H7.Y/c1-5-6-7-8(2,3)4;1-3-5-4-2;/h1,5-7H2,2-4H3;1H,2,4-5H2;/q2*-1;. The second-order valence-electron chi connectivity index (χ2n) is 4.33. The van der Waals surface area contributed by atoms with Crippen LogP contribution in [0.4, 0.5) is 0 Å². The zero-order chi connectivity index (χ0) is 10.7. The van der Waals surface area contributed by atoms with Crippen molar-refractivity contribution >= 4 is 0 Å². The van der Waals surface area contributed by atoms with Crippen molar-refractivity contribution < 1.29 is 32.7 Å². The Kier molecular flexibility index (Phi) is 19.6. The van der Waals surface area contributed by atoms with Gasteiger partial charge >= 0.3 is 0 Å². The van der Waals surface area contributed by atoms with Crippen molar-refractivity contribution in [2.24, 2.45) is 5.41 Å². The van der Waals surface area contributed by atoms with Gasteiger partial charge in [0.15, 0.2) is 0 Å². The van der Waals surface area contributed by atoms with Gasteiger partial charge in [-0.2, -0.15) is 12.8 Å². The van der Waals surface area contributed by atoms with E-state index in [9.17, 15) is 0 Å². The topological polar surface area (TPSA) is 0 Å². The second-order valence-corrected chi connectivity index (χ2v) is 4.33. The maximum absolute atomic E-state index is 4.85. The van der Waals surface area contributed by atoms with E-state index in [-0.39, 0.29) is 32.7 Å². The van der Waals surface area contributed by atoms with Crippen LogP contribution in [0.15, 0.2) is 0 Å². The molecule has 14 heavy (non-hydrogen) atoms. The number of unbranched alkanes of at least 4 members (excludes halogenated alkanes) is 2. The van der Waals surface area contributed by atoms with E-state index in [1.54, 1.807) is 0 Å². The summed E-state index contributed by atoms with van der Waals surface area (Å²) in [6.45, 7) is 14.1. The Balaban J connectivity index is -0.000000177. The maximum Gasteiger partial charge on any atom is 0 e. The minimum Gasteiger partial charge on any atom is -0.343 e. The van der Waals surface area contributed by atoms with E-state index in [0.717, 1.165) is 19.3 Å². The molecule has 0 aromatic rings. The number of rotatable bonds is 3. The maximum atomic E-state index is 4.85. The van der Waals surface area contributed by atoms with Crippen molar-refractivity contribution in [3.63, 3.8) is 0 Å². The molecule has 1 radical (unpaired) electrons. The SMILES string of the molecule is C#CCC[CH2-].[CH2-]CCCC(C)(C)C.[Y]. The fraction of sp³-hybridized carbons (Fsp3) is 0.692. The van der Waals surface area contributed by atoms with Gasteiger partial charge in [0, 0.05) is 32.7 Å². The van der Waals surface area contributed by atoms with Gasteiger partial charge in [0.1, 0.15) is 0 Å². The average molecular weight is 269 g/mol. The molecule has 81 valence electrons. The first-order valence-electron chi connectivity index (χ1n) is 5.00. The quantitative estimate of drug-likeness (QED) is 0.530. The third-order valence-corrected chi connectivity index (χ3v) is 1.50. The average Bonchev–Trinajstić information content (AvgIpc) is 2.02. The van der Waals surface area contributed by atoms with Gasteiger partial charge in [0.05, 0.1) is 0 Å². The molecule has 0 nitrogen and oxygen atoms in total.